The van der Waals surface area contributed by atoms with Crippen LogP contribution >= 0.6 is 0 Å². The smallest absolute Gasteiger partial charge is 0.247 e. The lowest BCUT2D eigenvalue weighted by Gasteiger charge is -2.00. The van der Waals surface area contributed by atoms with Gasteiger partial charge in [0.1, 0.15) is 6.42 Å². The molecule has 1 aromatic heterocycles. The van der Waals surface area contributed by atoms with Gasteiger partial charge >= 0.3 is 0 Å². The van der Waals surface area contributed by atoms with Crippen LogP contribution in [0.4, 0.5) is 0 Å². The number of aryl methyl sites for hydroxylation is 2. The number of nitrogens with one attached hydrogen (secondary N) is 1. The molecule has 2 aromatic rings. The molecule has 0 aliphatic heterocycles. The minimum atomic E-state index is -0.370. The van der Waals surface area contributed by atoms with Gasteiger partial charge in [-0.25, -0.2) is 5.84 Å². The van der Waals surface area contributed by atoms with Crippen LogP contribution in [0.15, 0.2) is 22.6 Å². The van der Waals surface area contributed by atoms with Gasteiger partial charge in [0.2, 0.25) is 17.7 Å². The maximum Gasteiger partial charge on any atom is 0.247 e. The van der Waals surface area contributed by atoms with E-state index in [0.717, 1.165) is 16.7 Å². The van der Waals surface area contributed by atoms with Gasteiger partial charge < -0.3 is 4.42 Å². The Morgan fingerprint density at radius 1 is 1.28 bits per heavy atom. The number of nitrogens with zero attached hydrogens (tertiary/aromatic N) is 2. The van der Waals surface area contributed by atoms with Crippen molar-refractivity contribution in [3.63, 3.8) is 0 Å². The lowest BCUT2D eigenvalue weighted by atomic mass is 10.1. The first kappa shape index (κ1) is 12.3. The highest BCUT2D eigenvalue weighted by molar-refractivity contribution is 5.76. The number of rotatable bonds is 3. The van der Waals surface area contributed by atoms with Crippen molar-refractivity contribution >= 4 is 5.91 Å². The molecule has 0 aliphatic rings. The Balaban J connectivity index is 2.26. The van der Waals surface area contributed by atoms with E-state index >= 15 is 0 Å². The Morgan fingerprint density at radius 2 is 1.94 bits per heavy atom. The van der Waals surface area contributed by atoms with Gasteiger partial charge in [0.25, 0.3) is 0 Å². The summed E-state index contributed by atoms with van der Waals surface area (Å²) in [5, 5.41) is 7.73. The normalized spacial score (nSPS) is 10.4. The van der Waals surface area contributed by atoms with Crippen molar-refractivity contribution in [3.05, 3.63) is 35.2 Å². The molecule has 18 heavy (non-hydrogen) atoms. The average Bonchev–Trinajstić information content (AvgIpc) is 2.76. The predicted octanol–water partition coefficient (Wildman–Crippen LogP) is 0.886. The zero-order chi connectivity index (χ0) is 13.1. The fraction of sp³-hybridized carbons (Fsp3) is 0.250. The summed E-state index contributed by atoms with van der Waals surface area (Å²) in [5.74, 6) is 5.27. The molecule has 0 radical (unpaired) electrons. The second-order valence-electron chi connectivity index (χ2n) is 4.12. The summed E-state index contributed by atoms with van der Waals surface area (Å²) in [4.78, 5) is 11.1. The third kappa shape index (κ3) is 2.72. The minimum absolute atomic E-state index is 0.0195. The summed E-state index contributed by atoms with van der Waals surface area (Å²) in [6.07, 6.45) is -0.0195. The first-order valence-electron chi connectivity index (χ1n) is 5.49. The number of hydrogen-bond donors (Lipinski definition) is 2. The summed E-state index contributed by atoms with van der Waals surface area (Å²) < 4.78 is 5.41. The van der Waals surface area contributed by atoms with Gasteiger partial charge in [0, 0.05) is 5.56 Å². The summed E-state index contributed by atoms with van der Waals surface area (Å²) in [6.45, 7) is 3.99. The van der Waals surface area contributed by atoms with E-state index in [2.05, 4.69) is 16.3 Å². The molecule has 6 nitrogen and oxygen atoms in total. The van der Waals surface area contributed by atoms with Crippen molar-refractivity contribution in [3.8, 4) is 11.5 Å². The number of amides is 1. The Morgan fingerprint density at radius 3 is 2.56 bits per heavy atom. The maximum atomic E-state index is 11.1. The molecule has 0 bridgehead atoms. The number of carbonyl (C=O) groups is 1. The molecule has 94 valence electrons. The Bertz CT molecular complexity index is 557. The van der Waals surface area contributed by atoms with Crippen LogP contribution < -0.4 is 11.3 Å². The molecule has 6 heteroatoms. The molecule has 1 amide bonds. The lowest BCUT2D eigenvalue weighted by molar-refractivity contribution is -0.120. The first-order valence-corrected chi connectivity index (χ1v) is 5.49. The van der Waals surface area contributed by atoms with Crippen LogP contribution in [-0.4, -0.2) is 16.1 Å². The molecule has 0 saturated carbocycles. The van der Waals surface area contributed by atoms with Crippen LogP contribution in [-0.2, 0) is 11.2 Å². The highest BCUT2D eigenvalue weighted by Crippen LogP contribution is 2.20. The number of hydrazine groups is 1. The molecule has 2 rings (SSSR count). The van der Waals surface area contributed by atoms with Crippen molar-refractivity contribution < 1.29 is 9.21 Å². The van der Waals surface area contributed by atoms with E-state index < -0.39 is 0 Å². The Kier molecular flexibility index (Phi) is 3.38. The summed E-state index contributed by atoms with van der Waals surface area (Å²) in [5.41, 5.74) is 5.09. The summed E-state index contributed by atoms with van der Waals surface area (Å²) in [6, 6.07) is 5.96. The fourth-order valence-electron chi connectivity index (χ4n) is 1.73. The third-order valence-corrected chi connectivity index (χ3v) is 2.41. The van der Waals surface area contributed by atoms with E-state index in [4.69, 9.17) is 10.3 Å². The zero-order valence-corrected chi connectivity index (χ0v) is 10.2. The quantitative estimate of drug-likeness (QED) is 0.476. The van der Waals surface area contributed by atoms with Crippen molar-refractivity contribution in [2.24, 2.45) is 5.84 Å². The Hall–Kier alpha value is -2.21. The molecule has 0 atom stereocenters. The van der Waals surface area contributed by atoms with Gasteiger partial charge in [-0.05, 0) is 26.0 Å². The van der Waals surface area contributed by atoms with Gasteiger partial charge in [-0.15, -0.1) is 10.2 Å². The highest BCUT2D eigenvalue weighted by atomic mass is 16.4. The van der Waals surface area contributed by atoms with Gasteiger partial charge in [0.15, 0.2) is 0 Å². The van der Waals surface area contributed by atoms with E-state index in [0.29, 0.717) is 5.89 Å². The standard InChI is InChI=1S/C12H14N4O2/c1-7-3-8(2)5-9(4-7)12-16-15-11(18-12)6-10(17)14-13/h3-5H,6,13H2,1-2H3,(H,14,17). The van der Waals surface area contributed by atoms with Crippen molar-refractivity contribution in [2.45, 2.75) is 20.3 Å². The second kappa shape index (κ2) is 4.97. The molecule has 3 N–H and O–H groups in total. The molecule has 0 aliphatic carbocycles. The number of nitrogens with two attached hydrogens (primary N) is 1. The van der Waals surface area contributed by atoms with Crippen LogP contribution in [0.1, 0.15) is 17.0 Å². The number of hydrogen-bond acceptors (Lipinski definition) is 5. The van der Waals surface area contributed by atoms with Gasteiger partial charge in [-0.2, -0.15) is 0 Å². The lowest BCUT2D eigenvalue weighted by Crippen LogP contribution is -2.31. The molecule has 1 heterocycles. The van der Waals surface area contributed by atoms with Crippen LogP contribution in [0.3, 0.4) is 0 Å². The number of carbonyl (C=O) groups excluding carboxylic acids is 1. The number of aromatic nitrogens is 2. The number of benzene rings is 1. The summed E-state index contributed by atoms with van der Waals surface area (Å²) >= 11 is 0. The van der Waals surface area contributed by atoms with Gasteiger partial charge in [-0.1, -0.05) is 17.2 Å². The highest BCUT2D eigenvalue weighted by Gasteiger charge is 2.12. The first-order chi connectivity index (χ1) is 8.58. The topological polar surface area (TPSA) is 94.0 Å². The van der Waals surface area contributed by atoms with E-state index in [9.17, 15) is 4.79 Å². The predicted molar refractivity (Wildman–Crippen MR) is 65.2 cm³/mol. The van der Waals surface area contributed by atoms with Crippen LogP contribution in [0.2, 0.25) is 0 Å². The third-order valence-electron chi connectivity index (χ3n) is 2.41. The molecular weight excluding hydrogens is 232 g/mol. The van der Waals surface area contributed by atoms with E-state index in [1.165, 1.54) is 0 Å². The summed E-state index contributed by atoms with van der Waals surface area (Å²) in [7, 11) is 0. The van der Waals surface area contributed by atoms with Crippen molar-refractivity contribution in [1.82, 2.24) is 15.6 Å². The average molecular weight is 246 g/mol. The van der Waals surface area contributed by atoms with Crippen molar-refractivity contribution in [1.29, 1.82) is 0 Å². The fourth-order valence-corrected chi connectivity index (χ4v) is 1.73. The molecular formula is C12H14N4O2. The van der Waals surface area contributed by atoms with Gasteiger partial charge in [-0.3, -0.25) is 10.2 Å². The molecule has 0 spiro atoms. The minimum Gasteiger partial charge on any atom is -0.420 e. The van der Waals surface area contributed by atoms with Crippen LogP contribution in [0.5, 0.6) is 0 Å². The molecule has 0 fully saturated rings. The molecule has 0 saturated heterocycles. The van der Waals surface area contributed by atoms with Crippen molar-refractivity contribution in [2.75, 3.05) is 0 Å². The van der Waals surface area contributed by atoms with Gasteiger partial charge in [0.05, 0.1) is 0 Å². The zero-order valence-electron chi connectivity index (χ0n) is 10.2. The SMILES string of the molecule is Cc1cc(C)cc(-c2nnc(CC(=O)NN)o2)c1. The van der Waals surface area contributed by atoms with E-state index in [-0.39, 0.29) is 18.2 Å². The largest absolute Gasteiger partial charge is 0.420 e. The Labute approximate surface area is 104 Å². The molecule has 1 aromatic carbocycles. The van der Waals surface area contributed by atoms with E-state index in [1.807, 2.05) is 31.4 Å². The maximum absolute atomic E-state index is 11.1. The second-order valence-corrected chi connectivity index (χ2v) is 4.12. The van der Waals surface area contributed by atoms with Crippen LogP contribution in [0, 0.1) is 13.8 Å². The van der Waals surface area contributed by atoms with E-state index in [1.54, 1.807) is 0 Å². The molecule has 0 unspecified atom stereocenters. The van der Waals surface area contributed by atoms with Crippen LogP contribution in [0.25, 0.3) is 11.5 Å². The monoisotopic (exact) mass is 246 g/mol.